The maximum atomic E-state index is 13.5. The Morgan fingerprint density at radius 1 is 1.14 bits per heavy atom. The van der Waals surface area contributed by atoms with Gasteiger partial charge in [0.05, 0.1) is 17.6 Å². The predicted octanol–water partition coefficient (Wildman–Crippen LogP) is 5.27. The van der Waals surface area contributed by atoms with Gasteiger partial charge in [-0.25, -0.2) is 4.79 Å². The molecule has 2 N–H and O–H groups in total. The Hall–Kier alpha value is -2.06. The van der Waals surface area contributed by atoms with Gasteiger partial charge in [-0.15, -0.1) is 0 Å². The maximum absolute atomic E-state index is 13.5. The third-order valence-corrected chi connectivity index (χ3v) is 9.02. The first-order valence-corrected chi connectivity index (χ1v) is 14.2. The van der Waals surface area contributed by atoms with Crippen LogP contribution in [0.15, 0.2) is 30.3 Å². The van der Waals surface area contributed by atoms with Crippen LogP contribution < -0.4 is 10.6 Å². The lowest BCUT2D eigenvalue weighted by Crippen LogP contribution is -2.65. The van der Waals surface area contributed by atoms with E-state index in [2.05, 4.69) is 52.2 Å². The summed E-state index contributed by atoms with van der Waals surface area (Å²) in [6.07, 6.45) is 4.68. The molecule has 2 amide bonds. The molecule has 1 heterocycles. The Morgan fingerprint density at radius 2 is 1.86 bits per heavy atom. The second kappa shape index (κ2) is 11.4. The normalized spacial score (nSPS) is 29.2. The molecule has 4 aliphatic rings. The monoisotopic (exact) mass is 512 g/mol. The van der Waals surface area contributed by atoms with Crippen LogP contribution in [0.3, 0.4) is 0 Å². The van der Waals surface area contributed by atoms with Gasteiger partial charge >= 0.3 is 13.2 Å². The molecule has 3 aliphatic carbocycles. The molecule has 0 aromatic heterocycles. The van der Waals surface area contributed by atoms with Crippen LogP contribution in [0, 0.1) is 23.2 Å². The van der Waals surface area contributed by atoms with Crippen molar-refractivity contribution in [2.45, 2.75) is 110 Å². The number of alkyl carbamates (subject to hydrolysis) is 1. The Bertz CT molecular complexity index is 941. The minimum atomic E-state index is -0.677. The number of carbonyl (C=O) groups is 2. The molecule has 37 heavy (non-hydrogen) atoms. The van der Waals surface area contributed by atoms with Gasteiger partial charge in [0, 0.05) is 0 Å². The summed E-state index contributed by atoms with van der Waals surface area (Å²) < 4.78 is 18.6. The van der Waals surface area contributed by atoms with Crippen LogP contribution >= 0.6 is 0 Å². The lowest BCUT2D eigenvalue weighted by atomic mass is 9.43. The zero-order chi connectivity index (χ0) is 26.8. The van der Waals surface area contributed by atoms with Crippen molar-refractivity contribution in [1.29, 1.82) is 0 Å². The van der Waals surface area contributed by atoms with Crippen LogP contribution in [0.5, 0.6) is 0 Å². The molecule has 4 fully saturated rings. The second-order valence-electron chi connectivity index (χ2n) is 12.5. The van der Waals surface area contributed by atoms with Crippen LogP contribution in [0.2, 0.25) is 0 Å². The SMILES string of the molecule is CCCC[C@H](NC(=O)OCc1ccccc1)C(=O)N[C@@H](CC(C)C)B1O[C@@H]2C[C@@H]3C[C@@H](C3(C)C)[C@]2(C)O1. The van der Waals surface area contributed by atoms with Crippen molar-refractivity contribution in [1.82, 2.24) is 10.6 Å². The maximum Gasteiger partial charge on any atom is 0.481 e. The minimum Gasteiger partial charge on any atom is -0.445 e. The van der Waals surface area contributed by atoms with E-state index in [4.69, 9.17) is 14.0 Å². The van der Waals surface area contributed by atoms with Crippen molar-refractivity contribution in [2.75, 3.05) is 0 Å². The highest BCUT2D eigenvalue weighted by atomic mass is 16.7. The topological polar surface area (TPSA) is 85.9 Å². The van der Waals surface area contributed by atoms with Gasteiger partial charge in [-0.05, 0) is 61.3 Å². The fourth-order valence-electron chi connectivity index (χ4n) is 6.68. The van der Waals surface area contributed by atoms with Crippen molar-refractivity contribution >= 4 is 19.1 Å². The van der Waals surface area contributed by atoms with E-state index < -0.39 is 19.3 Å². The Kier molecular flexibility index (Phi) is 8.59. The minimum absolute atomic E-state index is 0.0582. The number of ether oxygens (including phenoxy) is 1. The highest BCUT2D eigenvalue weighted by Crippen LogP contribution is 2.65. The van der Waals surface area contributed by atoms with E-state index in [0.29, 0.717) is 24.2 Å². The molecule has 2 bridgehead atoms. The number of carbonyl (C=O) groups excluding carboxylic acids is 2. The summed E-state index contributed by atoms with van der Waals surface area (Å²) in [6, 6.07) is 8.84. The number of benzene rings is 1. The quantitative estimate of drug-likeness (QED) is 0.395. The number of rotatable bonds is 11. The summed E-state index contributed by atoms with van der Waals surface area (Å²) in [5.41, 5.74) is 0.829. The summed E-state index contributed by atoms with van der Waals surface area (Å²) in [6.45, 7) is 13.4. The van der Waals surface area contributed by atoms with Gasteiger partial charge in [0.15, 0.2) is 0 Å². The molecule has 1 aliphatic heterocycles. The van der Waals surface area contributed by atoms with E-state index in [1.165, 1.54) is 6.42 Å². The van der Waals surface area contributed by atoms with Gasteiger partial charge in [-0.1, -0.05) is 77.8 Å². The molecule has 204 valence electrons. The summed E-state index contributed by atoms with van der Waals surface area (Å²) >= 11 is 0. The number of hydrogen-bond acceptors (Lipinski definition) is 5. The lowest BCUT2D eigenvalue weighted by molar-refractivity contribution is -0.199. The van der Waals surface area contributed by atoms with Crippen LogP contribution in [0.4, 0.5) is 4.79 Å². The molecule has 1 saturated heterocycles. The van der Waals surface area contributed by atoms with Crippen molar-refractivity contribution in [3.63, 3.8) is 0 Å². The summed E-state index contributed by atoms with van der Waals surface area (Å²) in [7, 11) is -0.492. The van der Waals surface area contributed by atoms with Crippen molar-refractivity contribution in [3.8, 4) is 0 Å². The van der Waals surface area contributed by atoms with E-state index in [0.717, 1.165) is 31.2 Å². The highest BCUT2D eigenvalue weighted by Gasteiger charge is 2.68. The summed E-state index contributed by atoms with van der Waals surface area (Å²) in [5, 5.41) is 5.99. The summed E-state index contributed by atoms with van der Waals surface area (Å²) in [4.78, 5) is 26.1. The molecule has 1 aromatic carbocycles. The van der Waals surface area contributed by atoms with Crippen molar-refractivity contribution < 1.29 is 23.6 Å². The molecule has 8 heteroatoms. The summed E-state index contributed by atoms with van der Waals surface area (Å²) in [5.74, 6) is 0.966. The first kappa shape index (κ1) is 28.0. The molecular weight excluding hydrogens is 467 g/mol. The average Bonchev–Trinajstić information content (AvgIpc) is 3.22. The fourth-order valence-corrected chi connectivity index (χ4v) is 6.68. The van der Waals surface area contributed by atoms with Gasteiger partial charge in [0.1, 0.15) is 12.6 Å². The zero-order valence-electron chi connectivity index (χ0n) is 23.4. The van der Waals surface area contributed by atoms with Gasteiger partial charge in [0.2, 0.25) is 5.91 Å². The smallest absolute Gasteiger partial charge is 0.445 e. The molecule has 7 nitrogen and oxygen atoms in total. The largest absolute Gasteiger partial charge is 0.481 e. The molecule has 6 atom stereocenters. The van der Waals surface area contributed by atoms with Gasteiger partial charge < -0.3 is 24.7 Å². The Labute approximate surface area is 222 Å². The first-order valence-electron chi connectivity index (χ1n) is 14.2. The van der Waals surface area contributed by atoms with Gasteiger partial charge in [-0.3, -0.25) is 4.79 Å². The Balaban J connectivity index is 1.40. The number of unbranched alkanes of at least 4 members (excludes halogenated alkanes) is 1. The van der Waals surface area contributed by atoms with Crippen LogP contribution in [0.25, 0.3) is 0 Å². The Morgan fingerprint density at radius 3 is 2.51 bits per heavy atom. The van der Waals surface area contributed by atoms with Crippen LogP contribution in [0.1, 0.15) is 85.6 Å². The number of amides is 2. The number of hydrogen-bond donors (Lipinski definition) is 2. The zero-order valence-corrected chi connectivity index (χ0v) is 23.4. The van der Waals surface area contributed by atoms with Gasteiger partial charge in [0.25, 0.3) is 0 Å². The fraction of sp³-hybridized carbons (Fsp3) is 0.724. The van der Waals surface area contributed by atoms with E-state index in [1.807, 2.05) is 30.3 Å². The van der Waals surface area contributed by atoms with Crippen LogP contribution in [-0.4, -0.2) is 42.8 Å². The molecule has 0 spiro atoms. The molecule has 3 saturated carbocycles. The average molecular weight is 513 g/mol. The third kappa shape index (κ3) is 6.01. The third-order valence-electron chi connectivity index (χ3n) is 9.02. The number of nitrogens with one attached hydrogen (secondary N) is 2. The van der Waals surface area contributed by atoms with E-state index >= 15 is 0 Å². The van der Waals surface area contributed by atoms with E-state index in [9.17, 15) is 9.59 Å². The molecular formula is C29H45BN2O5. The van der Waals surface area contributed by atoms with Crippen LogP contribution in [-0.2, 0) is 25.4 Å². The van der Waals surface area contributed by atoms with Crippen molar-refractivity contribution in [3.05, 3.63) is 35.9 Å². The standard InChI is InChI=1S/C29H45BN2O5/c1-7-8-14-22(31-27(34)35-18-20-12-10-9-11-13-20)26(33)32-25(15-19(2)3)30-36-24-17-21-16-23(28(21,4)5)29(24,6)37-30/h9-13,19,21-25H,7-8,14-18H2,1-6H3,(H,31,34)(H,32,33)/t21-,22-,23-,24+,25-,29-/m0/s1. The molecule has 1 aromatic rings. The predicted molar refractivity (Wildman–Crippen MR) is 145 cm³/mol. The molecule has 0 radical (unpaired) electrons. The second-order valence-corrected chi connectivity index (χ2v) is 12.5. The van der Waals surface area contributed by atoms with E-state index in [-0.39, 0.29) is 35.6 Å². The van der Waals surface area contributed by atoms with E-state index in [1.54, 1.807) is 0 Å². The molecule has 0 unspecified atom stereocenters. The first-order chi connectivity index (χ1) is 17.5. The van der Waals surface area contributed by atoms with Gasteiger partial charge in [-0.2, -0.15) is 0 Å². The lowest BCUT2D eigenvalue weighted by Gasteiger charge is -2.64. The highest BCUT2D eigenvalue weighted by molar-refractivity contribution is 6.47. The molecule has 5 rings (SSSR count). The van der Waals surface area contributed by atoms with Crippen molar-refractivity contribution in [2.24, 2.45) is 23.2 Å².